The van der Waals surface area contributed by atoms with E-state index in [1.54, 1.807) is 0 Å². The van der Waals surface area contributed by atoms with Crippen molar-refractivity contribution in [2.75, 3.05) is 0 Å². The second kappa shape index (κ2) is 26.5. The van der Waals surface area contributed by atoms with Gasteiger partial charge in [0.2, 0.25) is 6.33 Å². The SMILES string of the molecule is CCCCCCCCCCCCCCCCCCC(n1cc[n+](CCCCCCCCCC)c1)C(C)(Cc1ccccc1)c1ccccc1. The molecule has 49 heavy (non-hydrogen) atoms. The van der Waals surface area contributed by atoms with Gasteiger partial charge in [0.15, 0.2) is 0 Å². The van der Waals surface area contributed by atoms with Crippen molar-refractivity contribution in [1.29, 1.82) is 0 Å². The molecule has 2 unspecified atom stereocenters. The molecule has 0 bridgehead atoms. The number of imidazole rings is 1. The van der Waals surface area contributed by atoms with E-state index < -0.39 is 0 Å². The summed E-state index contributed by atoms with van der Waals surface area (Å²) in [6, 6.07) is 23.0. The highest BCUT2D eigenvalue weighted by Crippen LogP contribution is 2.41. The zero-order valence-electron chi connectivity index (χ0n) is 32.6. The fourth-order valence-corrected chi connectivity index (χ4v) is 8.09. The summed E-state index contributed by atoms with van der Waals surface area (Å²) >= 11 is 0. The van der Waals surface area contributed by atoms with Crippen molar-refractivity contribution in [3.8, 4) is 0 Å². The number of hydrogen-bond donors (Lipinski definition) is 0. The molecule has 0 aliphatic carbocycles. The molecule has 0 saturated heterocycles. The van der Waals surface area contributed by atoms with Crippen LogP contribution in [-0.4, -0.2) is 4.57 Å². The molecule has 0 radical (unpaired) electrons. The lowest BCUT2D eigenvalue weighted by molar-refractivity contribution is -0.697. The van der Waals surface area contributed by atoms with E-state index in [-0.39, 0.29) is 5.41 Å². The predicted octanol–water partition coefficient (Wildman–Crippen LogP) is 14.3. The topological polar surface area (TPSA) is 8.81 Å². The fraction of sp³-hybridized carbons (Fsp3) is 0.681. The molecule has 3 aromatic rings. The Morgan fingerprint density at radius 2 is 0.959 bits per heavy atom. The number of benzene rings is 2. The maximum atomic E-state index is 2.59. The van der Waals surface area contributed by atoms with Crippen molar-refractivity contribution in [3.63, 3.8) is 0 Å². The molecule has 2 aromatic carbocycles. The normalized spacial score (nSPS) is 13.4. The summed E-state index contributed by atoms with van der Waals surface area (Å²) in [6.07, 6.45) is 43.1. The number of nitrogens with zero attached hydrogens (tertiary/aromatic N) is 2. The average molecular weight is 670 g/mol. The van der Waals surface area contributed by atoms with E-state index >= 15 is 0 Å². The molecule has 2 nitrogen and oxygen atoms in total. The third kappa shape index (κ3) is 16.9. The van der Waals surface area contributed by atoms with Gasteiger partial charge in [0.25, 0.3) is 0 Å². The zero-order chi connectivity index (χ0) is 34.7. The summed E-state index contributed by atoms with van der Waals surface area (Å²) < 4.78 is 5.05. The predicted molar refractivity (Wildman–Crippen MR) is 214 cm³/mol. The minimum atomic E-state index is 0.00740. The number of aromatic nitrogens is 2. The highest BCUT2D eigenvalue weighted by Gasteiger charge is 2.40. The van der Waals surface area contributed by atoms with Crippen LogP contribution in [0.5, 0.6) is 0 Å². The first-order valence-corrected chi connectivity index (χ1v) is 21.3. The fourth-order valence-electron chi connectivity index (χ4n) is 8.09. The third-order valence-electron chi connectivity index (χ3n) is 11.3. The van der Waals surface area contributed by atoms with E-state index in [9.17, 15) is 0 Å². The van der Waals surface area contributed by atoms with Gasteiger partial charge in [-0.15, -0.1) is 0 Å². The van der Waals surface area contributed by atoms with Gasteiger partial charge in [0.05, 0.1) is 6.54 Å². The molecule has 0 aliphatic heterocycles. The monoisotopic (exact) mass is 670 g/mol. The summed E-state index contributed by atoms with van der Waals surface area (Å²) in [5.74, 6) is 0. The summed E-state index contributed by atoms with van der Waals surface area (Å²) in [7, 11) is 0. The van der Waals surface area contributed by atoms with Gasteiger partial charge in [-0.3, -0.25) is 0 Å². The summed E-state index contributed by atoms with van der Waals surface area (Å²) in [5.41, 5.74) is 2.90. The van der Waals surface area contributed by atoms with Crippen molar-refractivity contribution in [2.45, 2.75) is 206 Å². The van der Waals surface area contributed by atoms with Crippen LogP contribution in [0.3, 0.4) is 0 Å². The van der Waals surface area contributed by atoms with Crippen molar-refractivity contribution in [2.24, 2.45) is 0 Å². The highest BCUT2D eigenvalue weighted by molar-refractivity contribution is 5.30. The summed E-state index contributed by atoms with van der Waals surface area (Å²) in [4.78, 5) is 0. The van der Waals surface area contributed by atoms with Crippen molar-refractivity contribution in [3.05, 3.63) is 90.5 Å². The first-order valence-electron chi connectivity index (χ1n) is 21.3. The Morgan fingerprint density at radius 3 is 1.45 bits per heavy atom. The Hall–Kier alpha value is -2.35. The number of aryl methyl sites for hydroxylation is 1. The van der Waals surface area contributed by atoms with Gasteiger partial charge in [-0.25, -0.2) is 9.13 Å². The van der Waals surface area contributed by atoms with E-state index in [1.807, 2.05) is 0 Å². The van der Waals surface area contributed by atoms with Gasteiger partial charge >= 0.3 is 0 Å². The molecule has 0 amide bonds. The van der Waals surface area contributed by atoms with Crippen LogP contribution in [0.1, 0.15) is 198 Å². The van der Waals surface area contributed by atoms with Gasteiger partial charge in [-0.2, -0.15) is 0 Å². The molecular weight excluding hydrogens is 593 g/mol. The highest BCUT2D eigenvalue weighted by atomic mass is 15.1. The molecule has 2 atom stereocenters. The van der Waals surface area contributed by atoms with Crippen molar-refractivity contribution < 1.29 is 4.57 Å². The van der Waals surface area contributed by atoms with Crippen LogP contribution in [0.2, 0.25) is 0 Å². The largest absolute Gasteiger partial charge is 0.244 e. The molecule has 2 heteroatoms. The van der Waals surface area contributed by atoms with Crippen LogP contribution < -0.4 is 4.57 Å². The minimum absolute atomic E-state index is 0.00740. The second-order valence-electron chi connectivity index (χ2n) is 15.6. The Bertz CT molecular complexity index is 1150. The van der Waals surface area contributed by atoms with E-state index in [2.05, 4.69) is 109 Å². The van der Waals surface area contributed by atoms with E-state index in [0.29, 0.717) is 6.04 Å². The Morgan fingerprint density at radius 1 is 0.531 bits per heavy atom. The van der Waals surface area contributed by atoms with Gasteiger partial charge < -0.3 is 0 Å². The standard InChI is InChI=1S/C47H77N2/c1-4-6-8-10-12-14-15-16-17-18-19-20-21-22-24-32-38-46(49-41-40-48(43-49)39-33-25-23-13-11-9-7-5-2)47(3,45-36-30-27-31-37-45)42-44-34-28-26-29-35-44/h26-31,34-37,40-41,43,46H,4-25,32-33,38-39,42H2,1-3H3/q+1. The van der Waals surface area contributed by atoms with E-state index in [4.69, 9.17) is 0 Å². The van der Waals surface area contributed by atoms with Gasteiger partial charge in [0, 0.05) is 5.41 Å². The third-order valence-corrected chi connectivity index (χ3v) is 11.3. The van der Waals surface area contributed by atoms with Crippen LogP contribution in [0.25, 0.3) is 0 Å². The maximum Gasteiger partial charge on any atom is 0.244 e. The van der Waals surface area contributed by atoms with Crippen LogP contribution in [0, 0.1) is 0 Å². The van der Waals surface area contributed by atoms with Gasteiger partial charge in [0.1, 0.15) is 18.4 Å². The Kier molecular flexibility index (Phi) is 22.2. The lowest BCUT2D eigenvalue weighted by Crippen LogP contribution is -2.38. The molecule has 0 saturated carbocycles. The number of hydrogen-bond acceptors (Lipinski definition) is 0. The first-order chi connectivity index (χ1) is 24.2. The zero-order valence-corrected chi connectivity index (χ0v) is 32.6. The molecule has 1 aromatic heterocycles. The quantitative estimate of drug-likeness (QED) is 0.0476. The molecule has 0 aliphatic rings. The Balaban J connectivity index is 1.51. The molecule has 274 valence electrons. The lowest BCUT2D eigenvalue weighted by Gasteiger charge is -2.37. The molecule has 1 heterocycles. The lowest BCUT2D eigenvalue weighted by atomic mass is 9.70. The molecule has 0 fully saturated rings. The smallest absolute Gasteiger partial charge is 0.237 e. The average Bonchev–Trinajstić information content (AvgIpc) is 3.59. The maximum absolute atomic E-state index is 2.59. The van der Waals surface area contributed by atoms with Crippen LogP contribution >= 0.6 is 0 Å². The van der Waals surface area contributed by atoms with Gasteiger partial charge in [-0.1, -0.05) is 216 Å². The summed E-state index contributed by atoms with van der Waals surface area (Å²) in [6.45, 7) is 8.28. The van der Waals surface area contributed by atoms with Crippen molar-refractivity contribution in [1.82, 2.24) is 4.57 Å². The van der Waals surface area contributed by atoms with Crippen LogP contribution in [0.15, 0.2) is 79.4 Å². The van der Waals surface area contributed by atoms with Gasteiger partial charge in [-0.05, 0) is 43.2 Å². The molecule has 0 N–H and O–H groups in total. The molecule has 0 spiro atoms. The minimum Gasteiger partial charge on any atom is -0.237 e. The van der Waals surface area contributed by atoms with E-state index in [0.717, 1.165) is 13.0 Å². The number of unbranched alkanes of at least 4 members (excludes halogenated alkanes) is 22. The van der Waals surface area contributed by atoms with Crippen LogP contribution in [-0.2, 0) is 18.4 Å². The number of rotatable bonds is 31. The first kappa shape index (κ1) is 41.1. The Labute approximate surface area is 304 Å². The van der Waals surface area contributed by atoms with Crippen LogP contribution in [0.4, 0.5) is 0 Å². The van der Waals surface area contributed by atoms with E-state index in [1.165, 1.54) is 172 Å². The summed E-state index contributed by atoms with van der Waals surface area (Å²) in [5, 5.41) is 0. The second-order valence-corrected chi connectivity index (χ2v) is 15.6. The van der Waals surface area contributed by atoms with Crippen molar-refractivity contribution >= 4 is 0 Å². The molecular formula is C47H77N2+. The molecule has 3 rings (SSSR count).